The maximum Gasteiger partial charge on any atom is 0.244 e. The third-order valence-electron chi connectivity index (χ3n) is 3.23. The molecule has 0 saturated heterocycles. The van der Waals surface area contributed by atoms with E-state index in [9.17, 15) is 4.79 Å². The van der Waals surface area contributed by atoms with Crippen molar-refractivity contribution in [3.63, 3.8) is 0 Å². The highest BCUT2D eigenvalue weighted by atomic mass is 16.5. The molecule has 0 atom stereocenters. The average Bonchev–Trinajstić information content (AvgIpc) is 3.09. The Morgan fingerprint density at radius 3 is 3.00 bits per heavy atom. The van der Waals surface area contributed by atoms with Gasteiger partial charge in [-0.1, -0.05) is 0 Å². The Morgan fingerprint density at radius 1 is 1.33 bits per heavy atom. The molecule has 5 heteroatoms. The third kappa shape index (κ3) is 2.91. The maximum atomic E-state index is 12.0. The van der Waals surface area contributed by atoms with E-state index in [0.29, 0.717) is 13.0 Å². The molecule has 2 N–H and O–H groups in total. The monoisotopic (exact) mass is 283 g/mol. The minimum absolute atomic E-state index is 0.0659. The molecule has 2 aromatic heterocycles. The van der Waals surface area contributed by atoms with Crippen LogP contribution in [0, 0.1) is 0 Å². The summed E-state index contributed by atoms with van der Waals surface area (Å²) in [4.78, 5) is 15.0. The average molecular weight is 283 g/mol. The Labute approximate surface area is 122 Å². The third-order valence-corrected chi connectivity index (χ3v) is 3.23. The maximum absolute atomic E-state index is 12.0. The van der Waals surface area contributed by atoms with Crippen molar-refractivity contribution in [3.05, 3.63) is 54.5 Å². The predicted molar refractivity (Wildman–Crippen MR) is 82.0 cm³/mol. The first-order chi connectivity index (χ1) is 10.3. The number of amides is 1. The van der Waals surface area contributed by atoms with E-state index in [0.717, 1.165) is 22.3 Å². The lowest BCUT2D eigenvalue weighted by Gasteiger charge is -2.08. The van der Waals surface area contributed by atoms with Gasteiger partial charge in [0.1, 0.15) is 5.75 Å². The summed E-state index contributed by atoms with van der Waals surface area (Å²) in [6.07, 6.45) is 3.97. The molecule has 0 spiro atoms. The Bertz CT molecular complexity index is 744. The summed E-state index contributed by atoms with van der Waals surface area (Å²) in [7, 11) is 0. The van der Waals surface area contributed by atoms with E-state index in [1.165, 1.54) is 0 Å². The van der Waals surface area contributed by atoms with Crippen LogP contribution in [0.5, 0.6) is 5.75 Å². The number of carbonyl (C=O) groups is 1. The van der Waals surface area contributed by atoms with E-state index in [-0.39, 0.29) is 5.91 Å². The lowest BCUT2D eigenvalue weighted by atomic mass is 10.2. The topological polar surface area (TPSA) is 59.0 Å². The molecule has 0 saturated carbocycles. The van der Waals surface area contributed by atoms with E-state index < -0.39 is 0 Å². The molecule has 0 radical (unpaired) electrons. The number of rotatable bonds is 5. The largest absolute Gasteiger partial charge is 0.494 e. The van der Waals surface area contributed by atoms with Gasteiger partial charge in [-0.2, -0.15) is 0 Å². The number of benzene rings is 1. The van der Waals surface area contributed by atoms with E-state index in [1.54, 1.807) is 4.68 Å². The van der Waals surface area contributed by atoms with Gasteiger partial charge < -0.3 is 9.72 Å². The summed E-state index contributed by atoms with van der Waals surface area (Å²) in [5.41, 5.74) is 4.71. The minimum Gasteiger partial charge on any atom is -0.494 e. The summed E-state index contributed by atoms with van der Waals surface area (Å²) >= 11 is 0. The number of nitrogens with one attached hydrogen (secondary N) is 2. The van der Waals surface area contributed by atoms with Gasteiger partial charge in [0.05, 0.1) is 18.5 Å². The molecule has 0 aliphatic heterocycles. The number of H-pyrrole nitrogens is 1. The molecule has 3 aromatic rings. The van der Waals surface area contributed by atoms with Crippen LogP contribution in [0.2, 0.25) is 0 Å². The van der Waals surface area contributed by atoms with Gasteiger partial charge in [0.25, 0.3) is 0 Å². The molecule has 1 aromatic carbocycles. The molecule has 0 aliphatic carbocycles. The van der Waals surface area contributed by atoms with Crippen molar-refractivity contribution in [2.75, 3.05) is 12.0 Å². The summed E-state index contributed by atoms with van der Waals surface area (Å²) in [6, 6.07) is 11.5. The summed E-state index contributed by atoms with van der Waals surface area (Å²) in [5, 5.41) is 1.03. The number of aromatic nitrogens is 2. The van der Waals surface area contributed by atoms with E-state index in [2.05, 4.69) is 10.4 Å². The molecule has 2 heterocycles. The highest BCUT2D eigenvalue weighted by Crippen LogP contribution is 2.21. The van der Waals surface area contributed by atoms with E-state index >= 15 is 0 Å². The number of hydrogen-bond acceptors (Lipinski definition) is 2. The zero-order valence-corrected chi connectivity index (χ0v) is 11.8. The lowest BCUT2D eigenvalue weighted by molar-refractivity contribution is -0.116. The summed E-state index contributed by atoms with van der Waals surface area (Å²) in [5.74, 6) is 0.768. The molecule has 108 valence electrons. The molecule has 1 amide bonds. The van der Waals surface area contributed by atoms with E-state index in [1.807, 2.05) is 55.7 Å². The molecule has 0 bridgehead atoms. The van der Waals surface area contributed by atoms with Gasteiger partial charge in [-0.15, -0.1) is 0 Å². The number of carbonyl (C=O) groups excluding carboxylic acids is 1. The minimum atomic E-state index is -0.0659. The van der Waals surface area contributed by atoms with Crippen molar-refractivity contribution < 1.29 is 9.53 Å². The quantitative estimate of drug-likeness (QED) is 0.756. The van der Waals surface area contributed by atoms with E-state index in [4.69, 9.17) is 4.74 Å². The standard InChI is InChI=1S/C16H17N3O2/c1-2-21-14-5-6-15-12(10-14)7-9-19(15)18-16(20)11-13-4-3-8-17-13/h3-10,17H,2,11H2,1H3,(H,18,20). The Hall–Kier alpha value is -2.69. The van der Waals surface area contributed by atoms with Gasteiger partial charge in [-0.3, -0.25) is 14.9 Å². The Kier molecular flexibility index (Phi) is 3.64. The van der Waals surface area contributed by atoms with Crippen LogP contribution in [-0.2, 0) is 11.2 Å². The van der Waals surface area contributed by atoms with Crippen molar-refractivity contribution in [2.45, 2.75) is 13.3 Å². The Balaban J connectivity index is 1.76. The highest BCUT2D eigenvalue weighted by Gasteiger charge is 2.07. The second kappa shape index (κ2) is 5.75. The number of hydrogen-bond donors (Lipinski definition) is 2. The van der Waals surface area contributed by atoms with Crippen LogP contribution in [0.25, 0.3) is 10.9 Å². The number of ether oxygens (including phenoxy) is 1. The smallest absolute Gasteiger partial charge is 0.244 e. The summed E-state index contributed by atoms with van der Waals surface area (Å²) < 4.78 is 7.21. The van der Waals surface area contributed by atoms with Crippen LogP contribution in [0.3, 0.4) is 0 Å². The molecule has 5 nitrogen and oxygen atoms in total. The number of aromatic amines is 1. The van der Waals surface area contributed by atoms with Crippen molar-refractivity contribution in [1.29, 1.82) is 0 Å². The molecule has 3 rings (SSSR count). The zero-order chi connectivity index (χ0) is 14.7. The summed E-state index contributed by atoms with van der Waals surface area (Å²) in [6.45, 7) is 2.59. The molecular weight excluding hydrogens is 266 g/mol. The fourth-order valence-electron chi connectivity index (χ4n) is 2.30. The molecular formula is C16H17N3O2. The van der Waals surface area contributed by atoms with Crippen LogP contribution in [-0.4, -0.2) is 22.2 Å². The fourth-order valence-corrected chi connectivity index (χ4v) is 2.30. The van der Waals surface area contributed by atoms with Gasteiger partial charge in [-0.25, -0.2) is 0 Å². The number of nitrogens with zero attached hydrogens (tertiary/aromatic N) is 1. The van der Waals surface area contributed by atoms with Crippen LogP contribution < -0.4 is 10.2 Å². The van der Waals surface area contributed by atoms with Crippen LogP contribution in [0.15, 0.2) is 48.8 Å². The van der Waals surface area contributed by atoms with Gasteiger partial charge in [0.15, 0.2) is 0 Å². The van der Waals surface area contributed by atoms with Crippen LogP contribution in [0.4, 0.5) is 0 Å². The number of fused-ring (bicyclic) bond motifs is 1. The second-order valence-corrected chi connectivity index (χ2v) is 4.75. The SMILES string of the molecule is CCOc1ccc2c(ccn2NC(=O)Cc2ccc[nH]2)c1. The van der Waals surface area contributed by atoms with Crippen LogP contribution >= 0.6 is 0 Å². The second-order valence-electron chi connectivity index (χ2n) is 4.75. The molecule has 0 aliphatic rings. The van der Waals surface area contributed by atoms with Crippen molar-refractivity contribution in [2.24, 2.45) is 0 Å². The van der Waals surface area contributed by atoms with Gasteiger partial charge >= 0.3 is 0 Å². The molecule has 0 fully saturated rings. The first-order valence-electron chi connectivity index (χ1n) is 6.92. The zero-order valence-electron chi connectivity index (χ0n) is 11.8. The van der Waals surface area contributed by atoms with Crippen molar-refractivity contribution >= 4 is 16.8 Å². The van der Waals surface area contributed by atoms with Crippen molar-refractivity contribution in [1.82, 2.24) is 9.66 Å². The van der Waals surface area contributed by atoms with Gasteiger partial charge in [-0.05, 0) is 43.3 Å². The fraction of sp³-hybridized carbons (Fsp3) is 0.188. The Morgan fingerprint density at radius 2 is 2.24 bits per heavy atom. The van der Waals surface area contributed by atoms with Gasteiger partial charge in [0.2, 0.25) is 5.91 Å². The first kappa shape index (κ1) is 13.3. The first-order valence-corrected chi connectivity index (χ1v) is 6.92. The van der Waals surface area contributed by atoms with Crippen molar-refractivity contribution in [3.8, 4) is 5.75 Å². The van der Waals surface area contributed by atoms with Gasteiger partial charge in [0, 0.05) is 23.5 Å². The van der Waals surface area contributed by atoms with Crippen LogP contribution in [0.1, 0.15) is 12.6 Å². The lowest BCUT2D eigenvalue weighted by Crippen LogP contribution is -2.23. The molecule has 0 unspecified atom stereocenters. The normalized spacial score (nSPS) is 10.7. The molecule has 21 heavy (non-hydrogen) atoms. The highest BCUT2D eigenvalue weighted by molar-refractivity contribution is 5.89. The predicted octanol–water partition coefficient (Wildman–Crippen LogP) is 2.68.